The Morgan fingerprint density at radius 1 is 1.11 bits per heavy atom. The van der Waals surface area contributed by atoms with Gasteiger partial charge in [0.2, 0.25) is 5.95 Å². The van der Waals surface area contributed by atoms with E-state index >= 15 is 0 Å². The number of H-pyrrole nitrogens is 1. The van der Waals surface area contributed by atoms with Gasteiger partial charge in [-0.25, -0.2) is 9.97 Å². The lowest BCUT2D eigenvalue weighted by Crippen LogP contribution is -2.53. The second kappa shape index (κ2) is 9.90. The number of fused-ring (bicyclic) bond motifs is 1. The molecule has 37 heavy (non-hydrogen) atoms. The molecule has 2 fully saturated rings. The number of hydrogen-bond acceptors (Lipinski definition) is 5. The van der Waals surface area contributed by atoms with Crippen LogP contribution >= 0.6 is 11.6 Å². The molecule has 6 rings (SSSR count). The van der Waals surface area contributed by atoms with Crippen molar-refractivity contribution < 1.29 is 0 Å². The molecule has 3 aromatic rings. The molecule has 1 saturated carbocycles. The summed E-state index contributed by atoms with van der Waals surface area (Å²) in [7, 11) is 0. The number of rotatable bonds is 6. The van der Waals surface area contributed by atoms with Gasteiger partial charge in [0.05, 0.1) is 16.9 Å². The highest BCUT2D eigenvalue weighted by Gasteiger charge is 2.26. The molecule has 0 bridgehead atoms. The number of piperazine rings is 1. The van der Waals surface area contributed by atoms with Crippen molar-refractivity contribution in [2.24, 2.45) is 5.92 Å². The molecule has 1 saturated heterocycles. The minimum Gasteiger partial charge on any atom is -0.361 e. The number of aromatic nitrogens is 3. The maximum Gasteiger partial charge on any atom is 0.227 e. The Kier molecular flexibility index (Phi) is 6.59. The van der Waals surface area contributed by atoms with Crippen LogP contribution in [0.15, 0.2) is 36.2 Å². The monoisotopic (exact) mass is 516 g/mol. The van der Waals surface area contributed by atoms with E-state index < -0.39 is 0 Å². The second-order valence-corrected chi connectivity index (χ2v) is 11.9. The zero-order valence-electron chi connectivity index (χ0n) is 22.2. The SMILES string of the molecule is CC1=Cc2[nH]cc(-c3nc(Nc4cc(CN5C[C@@H](C)N[C@@H](C)C5)cc(C5CC5)c4)ncc3Cl)c2CC1C. The normalized spacial score (nSPS) is 24.0. The minimum atomic E-state index is 0.505. The van der Waals surface area contributed by atoms with Crippen molar-refractivity contribution in [1.82, 2.24) is 25.2 Å². The molecule has 0 amide bonds. The van der Waals surface area contributed by atoms with Gasteiger partial charge in [-0.1, -0.05) is 30.2 Å². The van der Waals surface area contributed by atoms with Crippen LogP contribution in [0.1, 0.15) is 68.8 Å². The molecule has 7 heteroatoms. The maximum atomic E-state index is 6.64. The van der Waals surface area contributed by atoms with Gasteiger partial charge in [0.15, 0.2) is 0 Å². The third kappa shape index (κ3) is 5.33. The molecule has 1 aliphatic heterocycles. The average Bonchev–Trinajstić information content (AvgIpc) is 3.62. The number of nitrogens with one attached hydrogen (secondary N) is 3. The van der Waals surface area contributed by atoms with Crippen molar-refractivity contribution in [2.45, 2.75) is 71.5 Å². The van der Waals surface area contributed by atoms with Crippen molar-refractivity contribution in [3.8, 4) is 11.3 Å². The molecule has 194 valence electrons. The smallest absolute Gasteiger partial charge is 0.227 e. The summed E-state index contributed by atoms with van der Waals surface area (Å²) in [4.78, 5) is 15.4. The molecule has 3 heterocycles. The predicted octanol–water partition coefficient (Wildman–Crippen LogP) is 6.52. The molecule has 2 aliphatic carbocycles. The summed E-state index contributed by atoms with van der Waals surface area (Å²) >= 11 is 6.64. The number of nitrogens with zero attached hydrogens (tertiary/aromatic N) is 3. The van der Waals surface area contributed by atoms with E-state index in [4.69, 9.17) is 16.6 Å². The van der Waals surface area contributed by atoms with Gasteiger partial charge >= 0.3 is 0 Å². The quantitative estimate of drug-likeness (QED) is 0.348. The van der Waals surface area contributed by atoms with Gasteiger partial charge < -0.3 is 15.6 Å². The van der Waals surface area contributed by atoms with Crippen LogP contribution in [0.2, 0.25) is 5.02 Å². The van der Waals surface area contributed by atoms with Crippen molar-refractivity contribution in [2.75, 3.05) is 18.4 Å². The zero-order chi connectivity index (χ0) is 25.7. The average molecular weight is 517 g/mol. The van der Waals surface area contributed by atoms with Crippen LogP contribution in [0.25, 0.3) is 17.3 Å². The number of benzene rings is 1. The van der Waals surface area contributed by atoms with E-state index in [9.17, 15) is 0 Å². The molecule has 0 spiro atoms. The summed E-state index contributed by atoms with van der Waals surface area (Å²) in [6.45, 7) is 12.1. The van der Waals surface area contributed by atoms with E-state index in [0.717, 1.165) is 48.7 Å². The second-order valence-electron chi connectivity index (χ2n) is 11.5. The number of halogens is 1. The van der Waals surface area contributed by atoms with Crippen molar-refractivity contribution in [3.05, 3.63) is 63.6 Å². The Hall–Kier alpha value is -2.67. The van der Waals surface area contributed by atoms with E-state index in [1.807, 2.05) is 6.20 Å². The lowest BCUT2D eigenvalue weighted by Gasteiger charge is -2.36. The lowest BCUT2D eigenvalue weighted by atomic mass is 9.86. The van der Waals surface area contributed by atoms with Crippen LogP contribution in [0.5, 0.6) is 0 Å². The van der Waals surface area contributed by atoms with Gasteiger partial charge in [-0.2, -0.15) is 0 Å². The van der Waals surface area contributed by atoms with Crippen LogP contribution < -0.4 is 10.6 Å². The number of hydrogen-bond donors (Lipinski definition) is 3. The Balaban J connectivity index is 1.28. The van der Waals surface area contributed by atoms with Gasteiger partial charge in [0.1, 0.15) is 0 Å². The van der Waals surface area contributed by atoms with Gasteiger partial charge in [-0.05, 0) is 86.8 Å². The van der Waals surface area contributed by atoms with Crippen molar-refractivity contribution >= 4 is 29.3 Å². The summed E-state index contributed by atoms with van der Waals surface area (Å²) in [5, 5.41) is 7.72. The van der Waals surface area contributed by atoms with E-state index in [-0.39, 0.29) is 0 Å². The van der Waals surface area contributed by atoms with Crippen molar-refractivity contribution in [1.29, 1.82) is 0 Å². The Morgan fingerprint density at radius 3 is 2.65 bits per heavy atom. The zero-order valence-corrected chi connectivity index (χ0v) is 23.0. The maximum absolute atomic E-state index is 6.64. The lowest BCUT2D eigenvalue weighted by molar-refractivity contribution is 0.166. The molecule has 6 nitrogen and oxygen atoms in total. The fourth-order valence-electron chi connectivity index (χ4n) is 5.97. The Morgan fingerprint density at radius 2 is 1.89 bits per heavy atom. The summed E-state index contributed by atoms with van der Waals surface area (Å²) in [6.07, 6.45) is 9.52. The predicted molar refractivity (Wildman–Crippen MR) is 152 cm³/mol. The standard InChI is InChI=1S/C30H37ClN6/c1-17-7-25-26(12-32-28(25)8-18(17)2)29-27(31)13-33-30(36-29)35-24-10-21(9-23(11-24)22-5-6-22)16-37-14-19(3)34-20(4)15-37/h8-13,17,19-20,22,32,34H,5-7,14-16H2,1-4H3,(H,33,35,36)/t17?,19-,20+. The van der Waals surface area contributed by atoms with Crippen LogP contribution in [-0.2, 0) is 13.0 Å². The third-order valence-corrected chi connectivity index (χ3v) is 8.32. The molecule has 2 aromatic heterocycles. The largest absolute Gasteiger partial charge is 0.361 e. The first kappa shape index (κ1) is 24.7. The number of aromatic amines is 1. The van der Waals surface area contributed by atoms with E-state index in [2.05, 4.69) is 77.5 Å². The van der Waals surface area contributed by atoms with Gasteiger partial charge in [0.25, 0.3) is 0 Å². The van der Waals surface area contributed by atoms with Crippen LogP contribution in [-0.4, -0.2) is 45.0 Å². The highest BCUT2D eigenvalue weighted by Crippen LogP contribution is 2.42. The highest BCUT2D eigenvalue weighted by atomic mass is 35.5. The minimum absolute atomic E-state index is 0.505. The molecule has 3 aliphatic rings. The van der Waals surface area contributed by atoms with E-state index in [0.29, 0.717) is 34.9 Å². The first-order valence-corrected chi connectivity index (χ1v) is 14.0. The van der Waals surface area contributed by atoms with Crippen LogP contribution in [0, 0.1) is 5.92 Å². The topological polar surface area (TPSA) is 68.9 Å². The van der Waals surface area contributed by atoms with Gasteiger partial charge in [-0.15, -0.1) is 0 Å². The Labute approximate surface area is 224 Å². The fraction of sp³-hybridized carbons (Fsp3) is 0.467. The molecule has 1 aromatic carbocycles. The van der Waals surface area contributed by atoms with E-state index in [1.54, 1.807) is 6.20 Å². The van der Waals surface area contributed by atoms with Gasteiger partial charge in [0, 0.05) is 54.9 Å². The Bertz CT molecular complexity index is 1330. The molecule has 0 radical (unpaired) electrons. The first-order chi connectivity index (χ1) is 17.8. The summed E-state index contributed by atoms with van der Waals surface area (Å²) < 4.78 is 0. The van der Waals surface area contributed by atoms with Crippen LogP contribution in [0.3, 0.4) is 0 Å². The number of allylic oxidation sites excluding steroid dienone is 1. The fourth-order valence-corrected chi connectivity index (χ4v) is 6.17. The van der Waals surface area contributed by atoms with Gasteiger partial charge in [-0.3, -0.25) is 4.90 Å². The first-order valence-electron chi connectivity index (χ1n) is 13.6. The molecule has 3 atom stereocenters. The summed E-state index contributed by atoms with van der Waals surface area (Å²) in [6, 6.07) is 7.95. The summed E-state index contributed by atoms with van der Waals surface area (Å²) in [5.41, 5.74) is 9.49. The van der Waals surface area contributed by atoms with E-state index in [1.165, 1.54) is 35.1 Å². The molecule has 1 unspecified atom stereocenters. The molecule has 3 N–H and O–H groups in total. The molecular formula is C30H37ClN6. The van der Waals surface area contributed by atoms with Crippen LogP contribution in [0.4, 0.5) is 11.6 Å². The third-order valence-electron chi connectivity index (χ3n) is 8.04. The molecular weight excluding hydrogens is 480 g/mol. The number of anilines is 2. The summed E-state index contributed by atoms with van der Waals surface area (Å²) in [5.74, 6) is 1.76. The highest BCUT2D eigenvalue weighted by molar-refractivity contribution is 6.33. The van der Waals surface area contributed by atoms with Crippen molar-refractivity contribution in [3.63, 3.8) is 0 Å².